The minimum atomic E-state index is 0.417. The Hall–Kier alpha value is 0.560. The molecule has 0 N–H and O–H groups in total. The zero-order valence-electron chi connectivity index (χ0n) is 6.79. The second-order valence-corrected chi connectivity index (χ2v) is 5.09. The Morgan fingerprint density at radius 1 is 1.55 bits per heavy atom. The Morgan fingerprint density at radius 2 is 2.18 bits per heavy atom. The lowest BCUT2D eigenvalue weighted by Gasteiger charge is -2.23. The zero-order valence-corrected chi connectivity index (χ0v) is 9.84. The molecule has 1 rings (SSSR count). The largest absolute Gasteiger partial charge is 0.170 e. The average molecular weight is 280 g/mol. The molecule has 0 heterocycles. The topological polar surface area (TPSA) is 0 Å². The number of alkyl halides is 1. The molecule has 0 saturated heterocycles. The van der Waals surface area contributed by atoms with Crippen molar-refractivity contribution < 1.29 is 0 Å². The number of hydrogen-bond donors (Lipinski definition) is 1. The molecule has 2 heteroatoms. The minimum Gasteiger partial charge on any atom is -0.170 e. The fraction of sp³-hybridized carbons (Fsp3) is 0.556. The van der Waals surface area contributed by atoms with Gasteiger partial charge in [0, 0.05) is 9.17 Å². The van der Waals surface area contributed by atoms with Gasteiger partial charge in [-0.15, -0.1) is 0 Å². The molecule has 0 radical (unpaired) electrons. The zero-order chi connectivity index (χ0) is 8.43. The van der Waals surface area contributed by atoms with E-state index < -0.39 is 0 Å². The molecule has 0 fully saturated rings. The fourth-order valence-corrected chi connectivity index (χ4v) is 2.33. The third-order valence-corrected chi connectivity index (χ3v) is 4.22. The summed E-state index contributed by atoms with van der Waals surface area (Å²) in [7, 11) is 0. The molecule has 1 aliphatic rings. The molecule has 0 aromatic rings. The Kier molecular flexibility index (Phi) is 3.50. The van der Waals surface area contributed by atoms with Crippen molar-refractivity contribution in [2.75, 3.05) is 0 Å². The maximum Gasteiger partial charge on any atom is 0.0446 e. The number of thiol groups is 1. The maximum atomic E-state index is 4.56. The predicted octanol–water partition coefficient (Wildman–Crippen LogP) is 3.24. The monoisotopic (exact) mass is 280 g/mol. The van der Waals surface area contributed by atoms with Crippen LogP contribution in [-0.4, -0.2) is 9.17 Å². The van der Waals surface area contributed by atoms with Crippen LogP contribution in [0.1, 0.15) is 13.8 Å². The number of allylic oxidation sites excluding steroid dienone is 3. The molecule has 2 atom stereocenters. The second-order valence-electron chi connectivity index (χ2n) is 3.10. The number of rotatable bonds is 1. The first-order valence-electron chi connectivity index (χ1n) is 3.83. The molecule has 0 aromatic carbocycles. The van der Waals surface area contributed by atoms with Crippen LogP contribution in [0.4, 0.5) is 0 Å². The van der Waals surface area contributed by atoms with E-state index in [0.717, 1.165) is 0 Å². The van der Waals surface area contributed by atoms with Crippen LogP contribution in [0.25, 0.3) is 0 Å². The summed E-state index contributed by atoms with van der Waals surface area (Å²) in [5, 5.41) is 0.417. The minimum absolute atomic E-state index is 0.417. The van der Waals surface area contributed by atoms with E-state index in [1.807, 2.05) is 0 Å². The maximum absolute atomic E-state index is 4.56. The van der Waals surface area contributed by atoms with Crippen LogP contribution in [0, 0.1) is 5.92 Å². The van der Waals surface area contributed by atoms with Crippen molar-refractivity contribution in [3.63, 3.8) is 0 Å². The summed E-state index contributed by atoms with van der Waals surface area (Å²) < 4.78 is 0.554. The van der Waals surface area contributed by atoms with E-state index in [1.165, 1.54) is 5.57 Å². The molecule has 0 amide bonds. The Labute approximate surface area is 87.7 Å². The Morgan fingerprint density at radius 3 is 2.64 bits per heavy atom. The van der Waals surface area contributed by atoms with Gasteiger partial charge in [0.25, 0.3) is 0 Å². The lowest BCUT2D eigenvalue weighted by molar-refractivity contribution is 0.727. The van der Waals surface area contributed by atoms with Gasteiger partial charge in [0.1, 0.15) is 0 Å². The van der Waals surface area contributed by atoms with Gasteiger partial charge in [0.2, 0.25) is 0 Å². The summed E-state index contributed by atoms with van der Waals surface area (Å²) in [6.07, 6.45) is 6.53. The average Bonchev–Trinajstić information content (AvgIpc) is 1.94. The highest BCUT2D eigenvalue weighted by atomic mass is 127. The summed E-state index contributed by atoms with van der Waals surface area (Å²) in [5.74, 6) is 0.625. The van der Waals surface area contributed by atoms with Gasteiger partial charge in [-0.25, -0.2) is 0 Å². The fourth-order valence-electron chi connectivity index (χ4n) is 1.19. The van der Waals surface area contributed by atoms with Gasteiger partial charge < -0.3 is 0 Å². The van der Waals surface area contributed by atoms with Gasteiger partial charge >= 0.3 is 0 Å². The Balaban J connectivity index is 2.78. The lowest BCUT2D eigenvalue weighted by atomic mass is 9.94. The smallest absolute Gasteiger partial charge is 0.0446 e. The highest BCUT2D eigenvalue weighted by Crippen LogP contribution is 2.29. The van der Waals surface area contributed by atoms with E-state index in [2.05, 4.69) is 67.3 Å². The van der Waals surface area contributed by atoms with Crippen molar-refractivity contribution in [1.82, 2.24) is 0 Å². The SMILES string of the molecule is CC(C)C1=CC=CC(I)C1S. The quantitative estimate of drug-likeness (QED) is 0.425. The van der Waals surface area contributed by atoms with Gasteiger partial charge in [-0.2, -0.15) is 12.6 Å². The molecule has 1 aliphatic carbocycles. The number of halogens is 1. The van der Waals surface area contributed by atoms with Crippen LogP contribution in [-0.2, 0) is 0 Å². The molecule has 62 valence electrons. The van der Waals surface area contributed by atoms with Crippen molar-refractivity contribution >= 4 is 35.2 Å². The molecule has 0 nitrogen and oxygen atoms in total. The van der Waals surface area contributed by atoms with Crippen molar-refractivity contribution in [3.05, 3.63) is 23.8 Å². The molecule has 0 aliphatic heterocycles. The summed E-state index contributed by atoms with van der Waals surface area (Å²) in [5.41, 5.74) is 1.45. The molecule has 0 bridgehead atoms. The highest BCUT2D eigenvalue weighted by molar-refractivity contribution is 14.1. The van der Waals surface area contributed by atoms with E-state index in [1.54, 1.807) is 0 Å². The first-order valence-corrected chi connectivity index (χ1v) is 5.59. The second kappa shape index (κ2) is 3.99. The Bertz CT molecular complexity index is 194. The van der Waals surface area contributed by atoms with E-state index in [0.29, 0.717) is 15.1 Å². The van der Waals surface area contributed by atoms with Crippen LogP contribution < -0.4 is 0 Å². The summed E-state index contributed by atoms with van der Waals surface area (Å²) in [6.45, 7) is 4.44. The van der Waals surface area contributed by atoms with Crippen LogP contribution in [0.15, 0.2) is 23.8 Å². The number of hydrogen-bond acceptors (Lipinski definition) is 1. The molecule has 0 aromatic heterocycles. The first-order chi connectivity index (χ1) is 5.13. The van der Waals surface area contributed by atoms with Crippen LogP contribution in [0.2, 0.25) is 0 Å². The predicted molar refractivity (Wildman–Crippen MR) is 62.6 cm³/mol. The van der Waals surface area contributed by atoms with E-state index in [9.17, 15) is 0 Å². The van der Waals surface area contributed by atoms with Crippen molar-refractivity contribution in [3.8, 4) is 0 Å². The molecule has 2 unspecified atom stereocenters. The lowest BCUT2D eigenvalue weighted by Crippen LogP contribution is -2.20. The standard InChI is InChI=1S/C9H13IS/c1-6(2)7-4-3-5-8(10)9(7)11/h3-6,8-9,11H,1-2H3. The third-order valence-electron chi connectivity index (χ3n) is 1.89. The summed E-state index contributed by atoms with van der Waals surface area (Å²) >= 11 is 6.99. The molecule has 0 saturated carbocycles. The molecular formula is C9H13IS. The van der Waals surface area contributed by atoms with E-state index >= 15 is 0 Å². The third kappa shape index (κ3) is 2.25. The summed E-state index contributed by atoms with van der Waals surface area (Å²) in [6, 6.07) is 0. The van der Waals surface area contributed by atoms with Crippen molar-refractivity contribution in [1.29, 1.82) is 0 Å². The van der Waals surface area contributed by atoms with Crippen molar-refractivity contribution in [2.24, 2.45) is 5.92 Å². The van der Waals surface area contributed by atoms with Gasteiger partial charge in [-0.1, -0.05) is 60.2 Å². The first kappa shape index (κ1) is 9.65. The molecular weight excluding hydrogens is 267 g/mol. The summed E-state index contributed by atoms with van der Waals surface area (Å²) in [4.78, 5) is 0. The van der Waals surface area contributed by atoms with Crippen LogP contribution in [0.5, 0.6) is 0 Å². The van der Waals surface area contributed by atoms with E-state index in [4.69, 9.17) is 0 Å². The normalized spacial score (nSPS) is 30.8. The highest BCUT2D eigenvalue weighted by Gasteiger charge is 2.20. The van der Waals surface area contributed by atoms with Gasteiger partial charge in [0.15, 0.2) is 0 Å². The molecule has 0 spiro atoms. The van der Waals surface area contributed by atoms with Crippen molar-refractivity contribution in [2.45, 2.75) is 23.0 Å². The van der Waals surface area contributed by atoms with Gasteiger partial charge in [-0.05, 0) is 5.92 Å². The van der Waals surface area contributed by atoms with Gasteiger partial charge in [-0.3, -0.25) is 0 Å². The van der Waals surface area contributed by atoms with Crippen LogP contribution >= 0.6 is 35.2 Å². The van der Waals surface area contributed by atoms with E-state index in [-0.39, 0.29) is 0 Å². The van der Waals surface area contributed by atoms with Crippen LogP contribution in [0.3, 0.4) is 0 Å². The molecule has 11 heavy (non-hydrogen) atoms. The van der Waals surface area contributed by atoms with Gasteiger partial charge in [0.05, 0.1) is 0 Å².